The number of thiol groups is 1. The van der Waals surface area contributed by atoms with Crippen molar-refractivity contribution < 1.29 is 0 Å². The van der Waals surface area contributed by atoms with Gasteiger partial charge in [-0.3, -0.25) is 0 Å². The van der Waals surface area contributed by atoms with Gasteiger partial charge < -0.3 is 0 Å². The number of unbranched alkanes of at least 4 members (excludes halogenated alkanes) is 5. The standard InChI is InChI=1S/C27H46S/c1-4-5-6-7-8-9-10-20-12-14-24-23-13-11-21-19-22(28)15-17-27(21,3)25(23)16-18-26(20,24)2/h11,20,22-25,28H,4-10,12-19H2,1-3H3/t20-,22-,23+,24-,25+,26-,27+/m1/s1. The third-order valence-electron chi connectivity index (χ3n) is 10.2. The normalized spacial score (nSPS) is 45.1. The number of hydrogen-bond acceptors (Lipinski definition) is 1. The molecule has 0 N–H and O–H groups in total. The predicted octanol–water partition coefficient (Wildman–Crippen LogP) is 8.61. The Kier molecular flexibility index (Phi) is 6.61. The van der Waals surface area contributed by atoms with Gasteiger partial charge in [0.1, 0.15) is 0 Å². The van der Waals surface area contributed by atoms with E-state index in [9.17, 15) is 0 Å². The molecule has 0 aromatic carbocycles. The SMILES string of the molecule is CCCCCCCC[C@@H]1CC[C@@H]2[C@@H]3CC=C4C[C@H](S)CC[C@]4(C)[C@H]3CC[C@]12C. The second kappa shape index (κ2) is 8.68. The second-order valence-corrected chi connectivity index (χ2v) is 12.3. The van der Waals surface area contributed by atoms with E-state index in [1.54, 1.807) is 5.57 Å². The van der Waals surface area contributed by atoms with E-state index in [4.69, 9.17) is 12.6 Å². The molecule has 28 heavy (non-hydrogen) atoms. The van der Waals surface area contributed by atoms with Crippen LogP contribution in [0.15, 0.2) is 11.6 Å². The van der Waals surface area contributed by atoms with E-state index in [0.717, 1.165) is 23.7 Å². The summed E-state index contributed by atoms with van der Waals surface area (Å²) < 4.78 is 0. The molecular weight excluding hydrogens is 356 g/mol. The van der Waals surface area contributed by atoms with E-state index < -0.39 is 0 Å². The maximum absolute atomic E-state index is 4.84. The highest BCUT2D eigenvalue weighted by Gasteiger charge is 2.58. The van der Waals surface area contributed by atoms with Gasteiger partial charge in [0.2, 0.25) is 0 Å². The molecule has 7 atom stereocenters. The molecule has 0 aromatic heterocycles. The summed E-state index contributed by atoms with van der Waals surface area (Å²) in [6, 6.07) is 0. The van der Waals surface area contributed by atoms with E-state index >= 15 is 0 Å². The lowest BCUT2D eigenvalue weighted by atomic mass is 9.47. The van der Waals surface area contributed by atoms with Crippen LogP contribution in [0.1, 0.15) is 117 Å². The fourth-order valence-corrected chi connectivity index (χ4v) is 8.72. The molecule has 0 radical (unpaired) electrons. The Balaban J connectivity index is 1.39. The Bertz CT molecular complexity index is 565. The Labute approximate surface area is 181 Å². The summed E-state index contributed by atoms with van der Waals surface area (Å²) in [4.78, 5) is 0. The van der Waals surface area contributed by atoms with Gasteiger partial charge in [0.25, 0.3) is 0 Å². The molecule has 0 bridgehead atoms. The summed E-state index contributed by atoms with van der Waals surface area (Å²) in [5, 5.41) is 0.623. The molecule has 0 unspecified atom stereocenters. The zero-order valence-electron chi connectivity index (χ0n) is 19.0. The zero-order valence-corrected chi connectivity index (χ0v) is 19.9. The summed E-state index contributed by atoms with van der Waals surface area (Å²) in [6.45, 7) is 7.68. The van der Waals surface area contributed by atoms with Crippen LogP contribution < -0.4 is 0 Å². The van der Waals surface area contributed by atoms with Crippen LogP contribution in [0.3, 0.4) is 0 Å². The van der Waals surface area contributed by atoms with E-state index in [1.807, 2.05) is 0 Å². The Morgan fingerprint density at radius 3 is 2.54 bits per heavy atom. The molecule has 0 heterocycles. The van der Waals surface area contributed by atoms with Gasteiger partial charge in [-0.15, -0.1) is 0 Å². The van der Waals surface area contributed by atoms with Crippen LogP contribution in [0.25, 0.3) is 0 Å². The highest BCUT2D eigenvalue weighted by atomic mass is 32.1. The highest BCUT2D eigenvalue weighted by Crippen LogP contribution is 2.66. The minimum absolute atomic E-state index is 0.515. The molecule has 0 spiro atoms. The lowest BCUT2D eigenvalue weighted by Crippen LogP contribution is -2.50. The van der Waals surface area contributed by atoms with E-state index in [2.05, 4.69) is 26.8 Å². The lowest BCUT2D eigenvalue weighted by molar-refractivity contribution is -0.0421. The van der Waals surface area contributed by atoms with Gasteiger partial charge in [-0.05, 0) is 92.3 Å². The average molecular weight is 403 g/mol. The maximum atomic E-state index is 4.84. The van der Waals surface area contributed by atoms with Gasteiger partial charge in [-0.2, -0.15) is 12.6 Å². The molecule has 3 fully saturated rings. The van der Waals surface area contributed by atoms with Gasteiger partial charge in [0.05, 0.1) is 0 Å². The molecule has 0 saturated heterocycles. The highest BCUT2D eigenvalue weighted by molar-refractivity contribution is 7.80. The fourth-order valence-electron chi connectivity index (χ4n) is 8.40. The minimum Gasteiger partial charge on any atom is -0.176 e. The molecule has 0 amide bonds. The molecule has 160 valence electrons. The molecule has 0 aromatic rings. The first-order valence-corrected chi connectivity index (χ1v) is 13.4. The molecule has 1 heteroatoms. The first-order chi connectivity index (χ1) is 13.5. The molecular formula is C27H46S. The van der Waals surface area contributed by atoms with Crippen molar-refractivity contribution in [1.82, 2.24) is 0 Å². The van der Waals surface area contributed by atoms with Crippen LogP contribution in [-0.4, -0.2) is 5.25 Å². The van der Waals surface area contributed by atoms with Crippen LogP contribution in [0, 0.1) is 34.5 Å². The lowest BCUT2D eigenvalue weighted by Gasteiger charge is -2.58. The van der Waals surface area contributed by atoms with Gasteiger partial charge in [0.15, 0.2) is 0 Å². The summed E-state index contributed by atoms with van der Waals surface area (Å²) in [5.74, 6) is 3.99. The summed E-state index contributed by atoms with van der Waals surface area (Å²) in [7, 11) is 0. The third kappa shape index (κ3) is 3.76. The summed E-state index contributed by atoms with van der Waals surface area (Å²) in [5.41, 5.74) is 2.97. The second-order valence-electron chi connectivity index (χ2n) is 11.5. The van der Waals surface area contributed by atoms with Gasteiger partial charge >= 0.3 is 0 Å². The summed E-state index contributed by atoms with van der Waals surface area (Å²) in [6.07, 6.45) is 24.5. The number of hydrogen-bond donors (Lipinski definition) is 1. The number of allylic oxidation sites excluding steroid dienone is 2. The van der Waals surface area contributed by atoms with Crippen molar-refractivity contribution in [2.45, 2.75) is 122 Å². The number of fused-ring (bicyclic) bond motifs is 5. The van der Waals surface area contributed by atoms with Crippen molar-refractivity contribution in [2.75, 3.05) is 0 Å². The molecule has 0 aliphatic heterocycles. The quantitative estimate of drug-likeness (QED) is 0.246. The monoisotopic (exact) mass is 402 g/mol. The van der Waals surface area contributed by atoms with Gasteiger partial charge in [-0.25, -0.2) is 0 Å². The van der Waals surface area contributed by atoms with E-state index in [0.29, 0.717) is 16.1 Å². The van der Waals surface area contributed by atoms with E-state index in [1.165, 1.54) is 96.3 Å². The predicted molar refractivity (Wildman–Crippen MR) is 126 cm³/mol. The van der Waals surface area contributed by atoms with Gasteiger partial charge in [0, 0.05) is 5.25 Å². The van der Waals surface area contributed by atoms with Crippen molar-refractivity contribution in [1.29, 1.82) is 0 Å². The van der Waals surface area contributed by atoms with Crippen LogP contribution in [0.5, 0.6) is 0 Å². The molecule has 4 rings (SSSR count). The van der Waals surface area contributed by atoms with Crippen molar-refractivity contribution in [3.05, 3.63) is 11.6 Å². The Hall–Kier alpha value is 0.0900. The van der Waals surface area contributed by atoms with Gasteiger partial charge in [-0.1, -0.05) is 70.9 Å². The topological polar surface area (TPSA) is 0 Å². The van der Waals surface area contributed by atoms with Crippen LogP contribution in [0.4, 0.5) is 0 Å². The number of rotatable bonds is 7. The molecule has 3 saturated carbocycles. The summed E-state index contributed by atoms with van der Waals surface area (Å²) >= 11 is 4.84. The van der Waals surface area contributed by atoms with E-state index in [-0.39, 0.29) is 0 Å². The Morgan fingerprint density at radius 1 is 0.929 bits per heavy atom. The first-order valence-electron chi connectivity index (χ1n) is 12.9. The molecule has 4 aliphatic carbocycles. The smallest absolute Gasteiger partial charge is 0.00545 e. The van der Waals surface area contributed by atoms with Crippen molar-refractivity contribution in [3.63, 3.8) is 0 Å². The van der Waals surface area contributed by atoms with Crippen LogP contribution >= 0.6 is 12.6 Å². The van der Waals surface area contributed by atoms with Crippen molar-refractivity contribution >= 4 is 12.6 Å². The maximum Gasteiger partial charge on any atom is 0.00545 e. The fraction of sp³-hybridized carbons (Fsp3) is 0.926. The average Bonchev–Trinajstić information content (AvgIpc) is 3.01. The largest absolute Gasteiger partial charge is 0.176 e. The van der Waals surface area contributed by atoms with Crippen LogP contribution in [0.2, 0.25) is 0 Å². The first kappa shape index (κ1) is 21.3. The molecule has 0 nitrogen and oxygen atoms in total. The van der Waals surface area contributed by atoms with Crippen LogP contribution in [-0.2, 0) is 0 Å². The van der Waals surface area contributed by atoms with Crippen molar-refractivity contribution in [3.8, 4) is 0 Å². The zero-order chi connectivity index (χ0) is 19.8. The molecule has 4 aliphatic rings. The van der Waals surface area contributed by atoms with Crippen molar-refractivity contribution in [2.24, 2.45) is 34.5 Å². The third-order valence-corrected chi connectivity index (χ3v) is 10.6. The minimum atomic E-state index is 0.515. The Morgan fingerprint density at radius 2 is 1.71 bits per heavy atom.